The van der Waals surface area contributed by atoms with Gasteiger partial charge in [-0.3, -0.25) is 4.79 Å². The highest BCUT2D eigenvalue weighted by Crippen LogP contribution is 2.24. The lowest BCUT2D eigenvalue weighted by atomic mass is 10.1. The van der Waals surface area contributed by atoms with Gasteiger partial charge in [-0.25, -0.2) is 4.98 Å². The molecule has 1 aliphatic rings. The number of carbonyl (C=O) groups is 1. The number of rotatable bonds is 6. The van der Waals surface area contributed by atoms with Crippen LogP contribution in [0.3, 0.4) is 0 Å². The molecule has 0 radical (unpaired) electrons. The maximum Gasteiger partial charge on any atom is 0.270 e. The minimum atomic E-state index is -0.152. The average Bonchev–Trinajstić information content (AvgIpc) is 3.26. The predicted molar refractivity (Wildman–Crippen MR) is 98.4 cm³/mol. The van der Waals surface area contributed by atoms with E-state index in [9.17, 15) is 4.79 Å². The molecular weight excluding hydrogens is 336 g/mol. The van der Waals surface area contributed by atoms with Gasteiger partial charge in [0.15, 0.2) is 0 Å². The van der Waals surface area contributed by atoms with Crippen molar-refractivity contribution in [1.29, 1.82) is 0 Å². The summed E-state index contributed by atoms with van der Waals surface area (Å²) < 4.78 is 11.4. The SMILES string of the molecule is Cc1cc(C)c(C)c(OCc2nc(C(=O)NC[C@H]3CCCO3)cs2)c1. The van der Waals surface area contributed by atoms with Crippen molar-refractivity contribution in [3.8, 4) is 5.75 Å². The Balaban J connectivity index is 1.55. The van der Waals surface area contributed by atoms with Crippen molar-refractivity contribution < 1.29 is 14.3 Å². The maximum absolute atomic E-state index is 12.2. The lowest BCUT2D eigenvalue weighted by Gasteiger charge is -2.11. The monoisotopic (exact) mass is 360 g/mol. The smallest absolute Gasteiger partial charge is 0.270 e. The highest BCUT2D eigenvalue weighted by molar-refractivity contribution is 7.09. The zero-order valence-corrected chi connectivity index (χ0v) is 15.7. The van der Waals surface area contributed by atoms with Crippen molar-refractivity contribution in [1.82, 2.24) is 10.3 Å². The summed E-state index contributed by atoms with van der Waals surface area (Å²) in [5.74, 6) is 0.720. The standard InChI is InChI=1S/C19H24N2O3S/c1-12-7-13(2)14(3)17(8-12)24-10-18-21-16(11-25-18)19(22)20-9-15-5-4-6-23-15/h7-8,11,15H,4-6,9-10H2,1-3H3,(H,20,22)/t15-/m1/s1. The van der Waals surface area contributed by atoms with E-state index in [-0.39, 0.29) is 12.0 Å². The van der Waals surface area contributed by atoms with Crippen molar-refractivity contribution in [3.63, 3.8) is 0 Å². The molecule has 2 heterocycles. The number of hydrogen-bond donors (Lipinski definition) is 1. The van der Waals surface area contributed by atoms with Crippen LogP contribution in [0.5, 0.6) is 5.75 Å². The van der Waals surface area contributed by atoms with Crippen molar-refractivity contribution >= 4 is 17.2 Å². The van der Waals surface area contributed by atoms with E-state index in [0.717, 1.165) is 35.8 Å². The number of benzene rings is 1. The molecule has 1 aromatic carbocycles. The van der Waals surface area contributed by atoms with Crippen LogP contribution >= 0.6 is 11.3 Å². The molecule has 1 aliphatic heterocycles. The largest absolute Gasteiger partial charge is 0.486 e. The van der Waals surface area contributed by atoms with E-state index in [1.54, 1.807) is 5.38 Å². The normalized spacial score (nSPS) is 16.8. The van der Waals surface area contributed by atoms with Gasteiger partial charge in [0.2, 0.25) is 0 Å². The third kappa shape index (κ3) is 4.58. The Morgan fingerprint density at radius 3 is 3.00 bits per heavy atom. The van der Waals surface area contributed by atoms with Crippen LogP contribution in [-0.2, 0) is 11.3 Å². The molecule has 6 heteroatoms. The minimum absolute atomic E-state index is 0.137. The summed E-state index contributed by atoms with van der Waals surface area (Å²) in [4.78, 5) is 16.6. The molecule has 1 N–H and O–H groups in total. The van der Waals surface area contributed by atoms with Gasteiger partial charge in [0.05, 0.1) is 6.10 Å². The second kappa shape index (κ2) is 7.97. The Kier molecular flexibility index (Phi) is 5.71. The van der Waals surface area contributed by atoms with Crippen LogP contribution in [0.1, 0.15) is 45.0 Å². The van der Waals surface area contributed by atoms with E-state index in [2.05, 4.69) is 37.1 Å². The van der Waals surface area contributed by atoms with Gasteiger partial charge in [-0.1, -0.05) is 6.07 Å². The zero-order valence-electron chi connectivity index (χ0n) is 14.9. The molecule has 134 valence electrons. The first-order valence-corrected chi connectivity index (χ1v) is 9.45. The second-order valence-corrected chi connectivity index (χ2v) is 7.41. The molecule has 1 aromatic heterocycles. The highest BCUT2D eigenvalue weighted by Gasteiger charge is 2.18. The minimum Gasteiger partial charge on any atom is -0.486 e. The maximum atomic E-state index is 12.2. The molecule has 5 nitrogen and oxygen atoms in total. The number of nitrogens with one attached hydrogen (secondary N) is 1. The number of amides is 1. The zero-order chi connectivity index (χ0) is 17.8. The summed E-state index contributed by atoms with van der Waals surface area (Å²) in [5.41, 5.74) is 3.96. The lowest BCUT2D eigenvalue weighted by molar-refractivity contribution is 0.0854. The van der Waals surface area contributed by atoms with Crippen LogP contribution in [0.15, 0.2) is 17.5 Å². The van der Waals surface area contributed by atoms with Crippen LogP contribution in [0.2, 0.25) is 0 Å². The average molecular weight is 360 g/mol. The van der Waals surface area contributed by atoms with Gasteiger partial charge in [0.1, 0.15) is 23.1 Å². The molecule has 0 saturated carbocycles. The number of aryl methyl sites for hydroxylation is 2. The van der Waals surface area contributed by atoms with Gasteiger partial charge < -0.3 is 14.8 Å². The molecule has 1 amide bonds. The predicted octanol–water partition coefficient (Wildman–Crippen LogP) is 3.56. The summed E-state index contributed by atoms with van der Waals surface area (Å²) in [7, 11) is 0. The molecule has 0 bridgehead atoms. The molecule has 1 fully saturated rings. The lowest BCUT2D eigenvalue weighted by Crippen LogP contribution is -2.31. The van der Waals surface area contributed by atoms with Gasteiger partial charge in [-0.05, 0) is 56.4 Å². The van der Waals surface area contributed by atoms with Crippen molar-refractivity contribution in [2.45, 2.75) is 46.3 Å². The van der Waals surface area contributed by atoms with Crippen LogP contribution < -0.4 is 10.1 Å². The van der Waals surface area contributed by atoms with Crippen LogP contribution in [0.25, 0.3) is 0 Å². The number of ether oxygens (including phenoxy) is 2. The van der Waals surface area contributed by atoms with Gasteiger partial charge in [-0.2, -0.15) is 0 Å². The molecule has 0 unspecified atom stereocenters. The fraction of sp³-hybridized carbons (Fsp3) is 0.474. The summed E-state index contributed by atoms with van der Waals surface area (Å²) in [5, 5.41) is 5.46. The first-order chi connectivity index (χ1) is 12.0. The molecule has 1 saturated heterocycles. The molecule has 3 rings (SSSR count). The van der Waals surface area contributed by atoms with Gasteiger partial charge in [0, 0.05) is 18.5 Å². The number of nitrogens with zero attached hydrogens (tertiary/aromatic N) is 1. The van der Waals surface area contributed by atoms with Gasteiger partial charge in [-0.15, -0.1) is 11.3 Å². The summed E-state index contributed by atoms with van der Waals surface area (Å²) in [6.07, 6.45) is 2.21. The molecule has 0 spiro atoms. The van der Waals surface area contributed by atoms with Crippen molar-refractivity contribution in [3.05, 3.63) is 44.9 Å². The van der Waals surface area contributed by atoms with E-state index < -0.39 is 0 Å². The van der Waals surface area contributed by atoms with E-state index in [1.807, 2.05) is 6.07 Å². The molecular formula is C19H24N2O3S. The van der Waals surface area contributed by atoms with Gasteiger partial charge >= 0.3 is 0 Å². The van der Waals surface area contributed by atoms with E-state index in [1.165, 1.54) is 22.5 Å². The molecule has 25 heavy (non-hydrogen) atoms. The quantitative estimate of drug-likeness (QED) is 0.856. The third-order valence-corrected chi connectivity index (χ3v) is 5.24. The Morgan fingerprint density at radius 2 is 2.24 bits per heavy atom. The summed E-state index contributed by atoms with van der Waals surface area (Å²) in [6, 6.07) is 4.17. The summed E-state index contributed by atoms with van der Waals surface area (Å²) in [6.45, 7) is 7.89. The van der Waals surface area contributed by atoms with E-state index in [4.69, 9.17) is 9.47 Å². The Morgan fingerprint density at radius 1 is 1.40 bits per heavy atom. The molecule has 1 atom stereocenters. The van der Waals surface area contributed by atoms with Crippen LogP contribution in [0.4, 0.5) is 0 Å². The highest BCUT2D eigenvalue weighted by atomic mass is 32.1. The Bertz CT molecular complexity index is 751. The third-order valence-electron chi connectivity index (χ3n) is 4.41. The second-order valence-electron chi connectivity index (χ2n) is 6.47. The molecule has 2 aromatic rings. The number of thiazole rings is 1. The number of carbonyl (C=O) groups excluding carboxylic acids is 1. The fourth-order valence-electron chi connectivity index (χ4n) is 2.87. The molecule has 0 aliphatic carbocycles. The van der Waals surface area contributed by atoms with E-state index >= 15 is 0 Å². The number of hydrogen-bond acceptors (Lipinski definition) is 5. The van der Waals surface area contributed by atoms with E-state index in [0.29, 0.717) is 18.8 Å². The topological polar surface area (TPSA) is 60.5 Å². The Labute approximate surface area is 152 Å². The Hall–Kier alpha value is -1.92. The van der Waals surface area contributed by atoms with Crippen LogP contribution in [-0.4, -0.2) is 30.1 Å². The van der Waals surface area contributed by atoms with Crippen LogP contribution in [0, 0.1) is 20.8 Å². The van der Waals surface area contributed by atoms with Gasteiger partial charge in [0.25, 0.3) is 5.91 Å². The number of aromatic nitrogens is 1. The first kappa shape index (κ1) is 17.9. The fourth-order valence-corrected chi connectivity index (χ4v) is 3.56. The first-order valence-electron chi connectivity index (χ1n) is 8.58. The van der Waals surface area contributed by atoms with Crippen molar-refractivity contribution in [2.75, 3.05) is 13.2 Å². The van der Waals surface area contributed by atoms with Crippen molar-refractivity contribution in [2.24, 2.45) is 0 Å². The summed E-state index contributed by atoms with van der Waals surface area (Å²) >= 11 is 1.44.